The smallest absolute Gasteiger partial charge is 0.215 e. The minimum absolute atomic E-state index is 0.0777. The van der Waals surface area contributed by atoms with Crippen LogP contribution >= 0.6 is 0 Å². The number of anilines is 1. The molecule has 66 valence electrons. The van der Waals surface area contributed by atoms with Crippen molar-refractivity contribution in [2.45, 2.75) is 12.8 Å². The van der Waals surface area contributed by atoms with Gasteiger partial charge in [-0.25, -0.2) is 0 Å². The van der Waals surface area contributed by atoms with E-state index in [4.69, 9.17) is 10.8 Å². The Bertz CT molecular complexity index is 243. The second kappa shape index (κ2) is 3.92. The molecule has 1 aromatic heterocycles. The zero-order chi connectivity index (χ0) is 8.97. The van der Waals surface area contributed by atoms with E-state index >= 15 is 0 Å². The molecule has 12 heavy (non-hydrogen) atoms. The van der Waals surface area contributed by atoms with Crippen molar-refractivity contribution < 1.29 is 9.84 Å². The molecule has 0 radical (unpaired) electrons. The van der Waals surface area contributed by atoms with E-state index in [1.165, 1.54) is 6.20 Å². The van der Waals surface area contributed by atoms with Crippen LogP contribution in [0.5, 0.6) is 0 Å². The molecule has 0 bridgehead atoms. The van der Waals surface area contributed by atoms with Gasteiger partial charge in [0.25, 0.3) is 0 Å². The average molecular weight is 168 g/mol. The number of hydrogen-bond acceptors (Lipinski definition) is 3. The largest absolute Gasteiger partial charge is 0.618 e. The summed E-state index contributed by atoms with van der Waals surface area (Å²) >= 11 is 0. The Morgan fingerprint density at radius 1 is 1.58 bits per heavy atom. The molecule has 0 aliphatic heterocycles. The minimum Gasteiger partial charge on any atom is -0.618 e. The van der Waals surface area contributed by atoms with E-state index in [0.717, 1.165) is 4.73 Å². The maximum atomic E-state index is 11.1. The minimum atomic E-state index is 0.0777. The van der Waals surface area contributed by atoms with Crippen molar-refractivity contribution in [2.75, 3.05) is 12.3 Å². The molecule has 0 aromatic carbocycles. The fourth-order valence-electron chi connectivity index (χ4n) is 1.04. The molecule has 0 amide bonds. The van der Waals surface area contributed by atoms with Crippen LogP contribution in [-0.4, -0.2) is 11.7 Å². The number of hydrogen-bond donors (Lipinski definition) is 2. The molecule has 4 heteroatoms. The van der Waals surface area contributed by atoms with Crippen LogP contribution in [0.4, 0.5) is 5.69 Å². The summed E-state index contributed by atoms with van der Waals surface area (Å²) in [6, 6.07) is 3.28. The van der Waals surface area contributed by atoms with Gasteiger partial charge in [0.15, 0.2) is 6.20 Å². The van der Waals surface area contributed by atoms with Gasteiger partial charge in [0.1, 0.15) is 5.69 Å². The molecule has 4 nitrogen and oxygen atoms in total. The van der Waals surface area contributed by atoms with Gasteiger partial charge in [-0.1, -0.05) is 0 Å². The molecule has 1 aromatic rings. The van der Waals surface area contributed by atoms with E-state index in [-0.39, 0.29) is 6.61 Å². The summed E-state index contributed by atoms with van der Waals surface area (Å²) < 4.78 is 0.741. The summed E-state index contributed by atoms with van der Waals surface area (Å²) in [5.74, 6) is 0. The van der Waals surface area contributed by atoms with E-state index in [9.17, 15) is 5.21 Å². The fourth-order valence-corrected chi connectivity index (χ4v) is 1.04. The molecule has 1 heterocycles. The van der Waals surface area contributed by atoms with Crippen molar-refractivity contribution in [1.29, 1.82) is 0 Å². The van der Waals surface area contributed by atoms with Crippen molar-refractivity contribution in [3.63, 3.8) is 0 Å². The maximum Gasteiger partial charge on any atom is 0.215 e. The zero-order valence-corrected chi connectivity index (χ0v) is 6.73. The van der Waals surface area contributed by atoms with Gasteiger partial charge in [0.05, 0.1) is 0 Å². The number of aliphatic hydroxyl groups excluding tert-OH is 1. The number of nitrogens with two attached hydrogens (primary N) is 1. The van der Waals surface area contributed by atoms with Crippen LogP contribution in [0.15, 0.2) is 18.3 Å². The van der Waals surface area contributed by atoms with Crippen LogP contribution in [0.25, 0.3) is 0 Å². The molecule has 0 saturated heterocycles. The molecular weight excluding hydrogens is 156 g/mol. The molecule has 0 aliphatic carbocycles. The summed E-state index contributed by atoms with van der Waals surface area (Å²) in [6.45, 7) is 0.0777. The highest BCUT2D eigenvalue weighted by Crippen LogP contribution is 2.06. The fraction of sp³-hybridized carbons (Fsp3) is 0.375. The summed E-state index contributed by atoms with van der Waals surface area (Å²) in [6.07, 6.45) is 2.49. The Hall–Kier alpha value is -1.29. The van der Waals surface area contributed by atoms with Crippen molar-refractivity contribution in [3.8, 4) is 0 Å². The maximum absolute atomic E-state index is 11.1. The zero-order valence-electron chi connectivity index (χ0n) is 6.73. The molecule has 0 unspecified atom stereocenters. The third-order valence-corrected chi connectivity index (χ3v) is 1.67. The lowest BCUT2D eigenvalue weighted by molar-refractivity contribution is -0.613. The van der Waals surface area contributed by atoms with Gasteiger partial charge in [0.2, 0.25) is 5.69 Å². The number of aromatic nitrogens is 1. The number of aliphatic hydroxyl groups is 1. The Balaban J connectivity index is 2.81. The summed E-state index contributed by atoms with van der Waals surface area (Å²) in [5.41, 5.74) is 6.58. The second-order valence-corrected chi connectivity index (χ2v) is 2.56. The molecule has 0 atom stereocenters. The molecule has 0 saturated carbocycles. The number of nitrogens with zero attached hydrogens (tertiary/aromatic N) is 1. The van der Waals surface area contributed by atoms with Gasteiger partial charge >= 0.3 is 0 Å². The van der Waals surface area contributed by atoms with Crippen molar-refractivity contribution in [2.24, 2.45) is 0 Å². The van der Waals surface area contributed by atoms with Gasteiger partial charge < -0.3 is 16.0 Å². The SMILES string of the molecule is Nc1ccc[n+]([O-])c1CCCO. The first kappa shape index (κ1) is 8.80. The summed E-state index contributed by atoms with van der Waals surface area (Å²) in [7, 11) is 0. The predicted molar refractivity (Wildman–Crippen MR) is 45.2 cm³/mol. The van der Waals surface area contributed by atoms with Crippen LogP contribution in [-0.2, 0) is 6.42 Å². The second-order valence-electron chi connectivity index (χ2n) is 2.56. The van der Waals surface area contributed by atoms with Crippen LogP contribution < -0.4 is 10.5 Å². The molecule has 3 N–H and O–H groups in total. The van der Waals surface area contributed by atoms with E-state index in [0.29, 0.717) is 24.2 Å². The highest BCUT2D eigenvalue weighted by molar-refractivity contribution is 5.39. The Morgan fingerprint density at radius 2 is 2.33 bits per heavy atom. The van der Waals surface area contributed by atoms with Crippen molar-refractivity contribution in [3.05, 3.63) is 29.2 Å². The van der Waals surface area contributed by atoms with Gasteiger partial charge in [-0.2, -0.15) is 4.73 Å². The standard InChI is InChI=1S/C8H12N2O2/c9-7-3-1-5-10(12)8(7)4-2-6-11/h1,3,5,11H,2,4,6,9H2. The van der Waals surface area contributed by atoms with Crippen molar-refractivity contribution >= 4 is 5.69 Å². The van der Waals surface area contributed by atoms with Crippen LogP contribution in [0, 0.1) is 5.21 Å². The Morgan fingerprint density at radius 3 is 2.92 bits per heavy atom. The van der Waals surface area contributed by atoms with Gasteiger partial charge in [-0.05, 0) is 12.5 Å². The van der Waals surface area contributed by atoms with Gasteiger partial charge in [-0.15, -0.1) is 0 Å². The molecular formula is C8H12N2O2. The normalized spacial score (nSPS) is 10.1. The highest BCUT2D eigenvalue weighted by atomic mass is 16.5. The summed E-state index contributed by atoms with van der Waals surface area (Å²) in [4.78, 5) is 0. The summed E-state index contributed by atoms with van der Waals surface area (Å²) in [5, 5.41) is 19.7. The lowest BCUT2D eigenvalue weighted by Gasteiger charge is -2.05. The quantitative estimate of drug-likeness (QED) is 0.486. The topological polar surface area (TPSA) is 73.2 Å². The lowest BCUT2D eigenvalue weighted by Crippen LogP contribution is -2.32. The Labute approximate surface area is 70.8 Å². The number of rotatable bonds is 3. The van der Waals surface area contributed by atoms with Crippen molar-refractivity contribution in [1.82, 2.24) is 0 Å². The van der Waals surface area contributed by atoms with Crippen LogP contribution in [0.2, 0.25) is 0 Å². The van der Waals surface area contributed by atoms with E-state index in [2.05, 4.69) is 0 Å². The highest BCUT2D eigenvalue weighted by Gasteiger charge is 2.07. The first-order chi connectivity index (χ1) is 5.75. The third kappa shape index (κ3) is 1.85. The lowest BCUT2D eigenvalue weighted by atomic mass is 10.2. The molecule has 0 aliphatic rings. The average Bonchev–Trinajstić information content (AvgIpc) is 2.04. The molecule has 1 rings (SSSR count). The first-order valence-corrected chi connectivity index (χ1v) is 3.83. The molecule has 0 spiro atoms. The van der Waals surface area contributed by atoms with E-state index in [1.54, 1.807) is 12.1 Å². The number of pyridine rings is 1. The Kier molecular flexibility index (Phi) is 2.88. The predicted octanol–water partition coefficient (Wildman–Crippen LogP) is -0.173. The van der Waals surface area contributed by atoms with Gasteiger partial charge in [-0.3, -0.25) is 0 Å². The van der Waals surface area contributed by atoms with E-state index < -0.39 is 0 Å². The third-order valence-electron chi connectivity index (χ3n) is 1.67. The van der Waals surface area contributed by atoms with Gasteiger partial charge in [0, 0.05) is 19.1 Å². The van der Waals surface area contributed by atoms with Crippen LogP contribution in [0.1, 0.15) is 12.1 Å². The monoisotopic (exact) mass is 168 g/mol. The van der Waals surface area contributed by atoms with E-state index in [1.807, 2.05) is 0 Å². The number of nitrogen functional groups attached to an aromatic ring is 1. The van der Waals surface area contributed by atoms with Crippen LogP contribution in [0.3, 0.4) is 0 Å². The molecule has 0 fully saturated rings. The first-order valence-electron chi connectivity index (χ1n) is 3.83.